The molecule has 0 aromatic heterocycles. The van der Waals surface area contributed by atoms with Crippen molar-refractivity contribution < 1.29 is 24.4 Å². The van der Waals surface area contributed by atoms with Crippen LogP contribution in [-0.4, -0.2) is 42.5 Å². The van der Waals surface area contributed by atoms with Gasteiger partial charge < -0.3 is 24.4 Å². The van der Waals surface area contributed by atoms with Crippen LogP contribution < -0.4 is 14.2 Å². The molecule has 2 atom stereocenters. The van der Waals surface area contributed by atoms with Crippen LogP contribution in [0, 0.1) is 0 Å². The Bertz CT molecular complexity index is 1210. The Kier molecular flexibility index (Phi) is 8.18. The lowest BCUT2D eigenvalue weighted by Crippen LogP contribution is -2.26. The number of aromatic hydroxyl groups is 1. The topological polar surface area (TPSA) is 71.4 Å². The van der Waals surface area contributed by atoms with E-state index < -0.39 is 0 Å². The second-order valence-corrected chi connectivity index (χ2v) is 9.12. The minimum atomic E-state index is -0.261. The maximum atomic E-state index is 11.0. The molecule has 3 aromatic carbocycles. The van der Waals surface area contributed by atoms with E-state index in [0.29, 0.717) is 31.1 Å². The average Bonchev–Trinajstić information content (AvgIpc) is 3.22. The third kappa shape index (κ3) is 5.35. The van der Waals surface area contributed by atoms with Crippen LogP contribution >= 0.6 is 0 Å². The molecule has 0 amide bonds. The van der Waals surface area contributed by atoms with Crippen molar-refractivity contribution in [1.29, 1.82) is 0 Å². The highest BCUT2D eigenvalue weighted by molar-refractivity contribution is 5.62. The minimum Gasteiger partial charge on any atom is -0.504 e. The van der Waals surface area contributed by atoms with E-state index in [0.717, 1.165) is 33.6 Å². The molecule has 1 aliphatic rings. The molecule has 2 N–H and O–H groups in total. The first-order chi connectivity index (χ1) is 17.5. The zero-order chi connectivity index (χ0) is 25.7. The third-order valence-corrected chi connectivity index (χ3v) is 6.66. The number of allylic oxidation sites excluding steroid dienone is 1. The fourth-order valence-corrected chi connectivity index (χ4v) is 4.87. The number of nitrogens with zero attached hydrogens (tertiary/aromatic N) is 1. The molecule has 0 bridgehead atoms. The molecule has 0 fully saturated rings. The van der Waals surface area contributed by atoms with Crippen molar-refractivity contribution in [1.82, 2.24) is 4.90 Å². The van der Waals surface area contributed by atoms with Crippen LogP contribution in [0.2, 0.25) is 0 Å². The Morgan fingerprint density at radius 2 is 1.75 bits per heavy atom. The highest BCUT2D eigenvalue weighted by Gasteiger charge is 2.36. The number of rotatable bonds is 10. The van der Waals surface area contributed by atoms with E-state index in [-0.39, 0.29) is 24.4 Å². The third-order valence-electron chi connectivity index (χ3n) is 6.66. The van der Waals surface area contributed by atoms with E-state index in [1.807, 2.05) is 55.5 Å². The monoisotopic (exact) mass is 489 g/mol. The van der Waals surface area contributed by atoms with Gasteiger partial charge in [-0.15, -0.1) is 0 Å². The fourth-order valence-electron chi connectivity index (χ4n) is 4.87. The molecule has 0 unspecified atom stereocenters. The predicted octanol–water partition coefficient (Wildman–Crippen LogP) is 5.67. The summed E-state index contributed by atoms with van der Waals surface area (Å²) >= 11 is 0. The van der Waals surface area contributed by atoms with Gasteiger partial charge >= 0.3 is 0 Å². The Labute approximate surface area is 213 Å². The summed E-state index contributed by atoms with van der Waals surface area (Å²) in [7, 11) is 3.21. The van der Waals surface area contributed by atoms with Gasteiger partial charge in [0.1, 0.15) is 6.10 Å². The highest BCUT2D eigenvalue weighted by atomic mass is 16.5. The quantitative estimate of drug-likeness (QED) is 0.382. The fraction of sp³-hybridized carbons (Fsp3) is 0.333. The van der Waals surface area contributed by atoms with Crippen molar-refractivity contribution in [2.45, 2.75) is 39.0 Å². The lowest BCUT2D eigenvalue weighted by molar-refractivity contribution is 0.182. The summed E-state index contributed by atoms with van der Waals surface area (Å²) in [4.78, 5) is 2.10. The van der Waals surface area contributed by atoms with Gasteiger partial charge in [-0.3, -0.25) is 4.90 Å². The molecule has 6 heteroatoms. The van der Waals surface area contributed by atoms with Gasteiger partial charge in [0.25, 0.3) is 0 Å². The van der Waals surface area contributed by atoms with Gasteiger partial charge in [0.05, 0.1) is 20.8 Å². The Morgan fingerprint density at radius 1 is 1.00 bits per heavy atom. The largest absolute Gasteiger partial charge is 0.504 e. The second kappa shape index (κ2) is 11.5. The van der Waals surface area contributed by atoms with Crippen LogP contribution in [-0.2, 0) is 13.1 Å². The average molecular weight is 490 g/mol. The number of phenols is 1. The number of aliphatic hydroxyl groups is 1. The molecule has 0 aliphatic carbocycles. The normalized spacial score (nSPS) is 16.8. The van der Waals surface area contributed by atoms with Gasteiger partial charge in [-0.1, -0.05) is 49.4 Å². The van der Waals surface area contributed by atoms with Crippen molar-refractivity contribution >= 4 is 6.08 Å². The van der Waals surface area contributed by atoms with Gasteiger partial charge in [-0.05, 0) is 47.9 Å². The molecule has 36 heavy (non-hydrogen) atoms. The molecular weight excluding hydrogens is 454 g/mol. The summed E-state index contributed by atoms with van der Waals surface area (Å²) in [6.45, 7) is 5.74. The van der Waals surface area contributed by atoms with Crippen LogP contribution in [0.4, 0.5) is 0 Å². The van der Waals surface area contributed by atoms with Crippen molar-refractivity contribution in [2.24, 2.45) is 0 Å². The Hall–Kier alpha value is -3.48. The van der Waals surface area contributed by atoms with Crippen LogP contribution in [0.25, 0.3) is 6.08 Å². The van der Waals surface area contributed by atoms with Gasteiger partial charge in [-0.2, -0.15) is 0 Å². The maximum Gasteiger partial charge on any atom is 0.165 e. The molecule has 1 heterocycles. The van der Waals surface area contributed by atoms with Crippen molar-refractivity contribution in [3.63, 3.8) is 0 Å². The van der Waals surface area contributed by atoms with E-state index in [4.69, 9.17) is 14.2 Å². The summed E-state index contributed by atoms with van der Waals surface area (Å²) in [5, 5.41) is 20.6. The lowest BCUT2D eigenvalue weighted by atomic mass is 9.90. The van der Waals surface area contributed by atoms with Crippen molar-refractivity contribution in [2.75, 3.05) is 27.4 Å². The SMILES string of the molecule is CC=Cc1cc(OC)c2c(c1)[C@H](C)[C@@H](c1cc(CN(CCO)Cc3ccccc3)c(O)c(OC)c1)O2. The minimum absolute atomic E-state index is 0.0246. The molecule has 0 spiro atoms. The Morgan fingerprint density at radius 3 is 2.42 bits per heavy atom. The number of ether oxygens (including phenoxy) is 3. The number of hydrogen-bond acceptors (Lipinski definition) is 6. The first-order valence-electron chi connectivity index (χ1n) is 12.3. The van der Waals surface area contributed by atoms with Crippen LogP contribution in [0.15, 0.2) is 60.7 Å². The molecule has 3 aromatic rings. The molecule has 0 radical (unpaired) electrons. The highest BCUT2D eigenvalue weighted by Crippen LogP contribution is 2.51. The van der Waals surface area contributed by atoms with Crippen molar-refractivity contribution in [3.05, 3.63) is 88.5 Å². The summed E-state index contributed by atoms with van der Waals surface area (Å²) < 4.78 is 17.7. The molecular formula is C30H35NO5. The summed E-state index contributed by atoms with van der Waals surface area (Å²) in [5.41, 5.74) is 4.94. The number of methoxy groups -OCH3 is 2. The number of hydrogen-bond donors (Lipinski definition) is 2. The van der Waals surface area contributed by atoms with Crippen LogP contribution in [0.5, 0.6) is 23.0 Å². The molecule has 0 saturated heterocycles. The summed E-state index contributed by atoms with van der Waals surface area (Å²) in [6.07, 6.45) is 3.79. The molecule has 6 nitrogen and oxygen atoms in total. The van der Waals surface area contributed by atoms with E-state index in [2.05, 4.69) is 30.0 Å². The number of fused-ring (bicyclic) bond motifs is 1. The zero-order valence-corrected chi connectivity index (χ0v) is 21.4. The van der Waals surface area contributed by atoms with Gasteiger partial charge in [-0.25, -0.2) is 0 Å². The Balaban J connectivity index is 1.67. The lowest BCUT2D eigenvalue weighted by Gasteiger charge is -2.24. The maximum absolute atomic E-state index is 11.0. The van der Waals surface area contributed by atoms with Crippen molar-refractivity contribution in [3.8, 4) is 23.0 Å². The summed E-state index contributed by atoms with van der Waals surface area (Å²) in [5.74, 6) is 2.03. The predicted molar refractivity (Wildman–Crippen MR) is 142 cm³/mol. The zero-order valence-electron chi connectivity index (χ0n) is 21.4. The van der Waals surface area contributed by atoms with Crippen LogP contribution in [0.1, 0.15) is 53.7 Å². The standard InChI is InChI=1S/C30H35NO5/c1-5-9-22-14-25-20(2)29(36-30(25)27(15-22)35-4)23-16-24(28(33)26(17-23)34-3)19-31(12-13-32)18-21-10-7-6-8-11-21/h5-11,14-17,20,29,32-33H,12-13,18-19H2,1-4H3/t20-,29-/m0/s1. The smallest absolute Gasteiger partial charge is 0.165 e. The van der Waals surface area contributed by atoms with Crippen LogP contribution in [0.3, 0.4) is 0 Å². The number of benzene rings is 3. The van der Waals surface area contributed by atoms with Gasteiger partial charge in [0, 0.05) is 36.7 Å². The van der Waals surface area contributed by atoms with E-state index in [1.165, 1.54) is 0 Å². The van der Waals surface area contributed by atoms with E-state index >= 15 is 0 Å². The first-order valence-corrected chi connectivity index (χ1v) is 12.3. The van der Waals surface area contributed by atoms with E-state index in [1.54, 1.807) is 14.2 Å². The second-order valence-electron chi connectivity index (χ2n) is 9.12. The summed E-state index contributed by atoms with van der Waals surface area (Å²) in [6, 6.07) is 18.1. The van der Waals surface area contributed by atoms with Gasteiger partial charge in [0.2, 0.25) is 0 Å². The number of phenolic OH excluding ortho intramolecular Hbond substituents is 1. The molecule has 190 valence electrons. The molecule has 4 rings (SSSR count). The van der Waals surface area contributed by atoms with Gasteiger partial charge in [0.15, 0.2) is 23.0 Å². The molecule has 1 aliphatic heterocycles. The van der Waals surface area contributed by atoms with E-state index in [9.17, 15) is 10.2 Å². The first kappa shape index (κ1) is 25.6. The molecule has 0 saturated carbocycles. The number of aliphatic hydroxyl groups excluding tert-OH is 1.